The minimum absolute atomic E-state index is 0.138. The highest BCUT2D eigenvalue weighted by Gasteiger charge is 2.14. The Labute approximate surface area is 282 Å². The van der Waals surface area contributed by atoms with Crippen molar-refractivity contribution in [3.8, 4) is 17.2 Å². The molecule has 0 spiro atoms. The van der Waals surface area contributed by atoms with Crippen molar-refractivity contribution in [2.45, 2.75) is 58.5 Å². The lowest BCUT2D eigenvalue weighted by Gasteiger charge is -2.21. The SMILES string of the molecule is CCCCCCCOc1ccc(C(=O)Oc2ccc(CN(CC(=O)O)Cc3ccc(NC(=O)Cc4ccc(OC)cc4)cc3)cc2)cc1. The van der Waals surface area contributed by atoms with Crippen LogP contribution in [0.4, 0.5) is 5.69 Å². The molecule has 0 atom stereocenters. The number of aliphatic carboxylic acids is 1. The van der Waals surface area contributed by atoms with Gasteiger partial charge in [0, 0.05) is 18.8 Å². The predicted molar refractivity (Wildman–Crippen MR) is 186 cm³/mol. The zero-order valence-electron chi connectivity index (χ0n) is 27.7. The van der Waals surface area contributed by atoms with Crippen molar-refractivity contribution in [2.75, 3.05) is 25.6 Å². The van der Waals surface area contributed by atoms with Gasteiger partial charge in [-0.25, -0.2) is 4.79 Å². The first-order valence-corrected chi connectivity index (χ1v) is 16.3. The summed E-state index contributed by atoms with van der Waals surface area (Å²) in [6.07, 6.45) is 6.07. The fourth-order valence-corrected chi connectivity index (χ4v) is 5.11. The number of anilines is 1. The molecule has 0 aliphatic carbocycles. The summed E-state index contributed by atoms with van der Waals surface area (Å²) < 4.78 is 16.5. The Morgan fingerprint density at radius 3 is 1.85 bits per heavy atom. The Balaban J connectivity index is 1.25. The Kier molecular flexibility index (Phi) is 14.0. The second-order valence-corrected chi connectivity index (χ2v) is 11.6. The average Bonchev–Trinajstić information content (AvgIpc) is 3.08. The van der Waals surface area contributed by atoms with E-state index in [0.717, 1.165) is 41.0 Å². The van der Waals surface area contributed by atoms with Crippen molar-refractivity contribution in [2.24, 2.45) is 0 Å². The van der Waals surface area contributed by atoms with Gasteiger partial charge in [0.1, 0.15) is 17.2 Å². The molecule has 4 aromatic rings. The number of methoxy groups -OCH3 is 1. The molecule has 0 aliphatic rings. The number of ether oxygens (including phenoxy) is 3. The van der Waals surface area contributed by atoms with E-state index in [1.807, 2.05) is 48.5 Å². The van der Waals surface area contributed by atoms with Gasteiger partial charge in [-0.3, -0.25) is 14.5 Å². The Morgan fingerprint density at radius 1 is 0.688 bits per heavy atom. The van der Waals surface area contributed by atoms with E-state index >= 15 is 0 Å². The molecule has 0 saturated carbocycles. The molecule has 252 valence electrons. The molecule has 9 nitrogen and oxygen atoms in total. The van der Waals surface area contributed by atoms with E-state index in [1.54, 1.807) is 60.5 Å². The van der Waals surface area contributed by atoms with E-state index in [4.69, 9.17) is 14.2 Å². The number of hydrogen-bond donors (Lipinski definition) is 2. The monoisotopic (exact) mass is 652 g/mol. The zero-order valence-corrected chi connectivity index (χ0v) is 27.7. The number of unbranched alkanes of at least 4 members (excludes halogenated alkanes) is 4. The number of amides is 1. The van der Waals surface area contributed by atoms with E-state index in [9.17, 15) is 19.5 Å². The Morgan fingerprint density at radius 2 is 1.25 bits per heavy atom. The van der Waals surface area contributed by atoms with Crippen molar-refractivity contribution >= 4 is 23.5 Å². The third kappa shape index (κ3) is 12.2. The van der Waals surface area contributed by atoms with Crippen LogP contribution < -0.4 is 19.5 Å². The molecule has 0 heterocycles. The summed E-state index contributed by atoms with van der Waals surface area (Å²) in [6.45, 7) is 3.46. The lowest BCUT2D eigenvalue weighted by molar-refractivity contribution is -0.138. The van der Waals surface area contributed by atoms with Crippen molar-refractivity contribution in [1.82, 2.24) is 4.90 Å². The topological polar surface area (TPSA) is 114 Å². The number of esters is 1. The van der Waals surface area contributed by atoms with Crippen molar-refractivity contribution < 1.29 is 33.7 Å². The highest BCUT2D eigenvalue weighted by atomic mass is 16.5. The molecule has 9 heteroatoms. The van der Waals surface area contributed by atoms with Gasteiger partial charge in [-0.2, -0.15) is 0 Å². The van der Waals surface area contributed by atoms with Gasteiger partial charge in [-0.1, -0.05) is 69.0 Å². The summed E-state index contributed by atoms with van der Waals surface area (Å²) in [7, 11) is 1.60. The Hall–Kier alpha value is -5.15. The summed E-state index contributed by atoms with van der Waals surface area (Å²) >= 11 is 0. The number of benzene rings is 4. The van der Waals surface area contributed by atoms with Gasteiger partial charge < -0.3 is 24.6 Å². The molecule has 1 amide bonds. The number of hydrogen-bond acceptors (Lipinski definition) is 7. The van der Waals surface area contributed by atoms with E-state index in [1.165, 1.54) is 19.3 Å². The molecule has 4 aromatic carbocycles. The summed E-state index contributed by atoms with van der Waals surface area (Å²) in [5.41, 5.74) is 3.72. The Bertz CT molecular complexity index is 1590. The lowest BCUT2D eigenvalue weighted by atomic mass is 10.1. The highest BCUT2D eigenvalue weighted by molar-refractivity contribution is 5.92. The number of carboxylic acids is 1. The van der Waals surface area contributed by atoms with E-state index in [2.05, 4.69) is 12.2 Å². The molecule has 48 heavy (non-hydrogen) atoms. The maximum atomic E-state index is 12.7. The van der Waals surface area contributed by atoms with Gasteiger partial charge in [0.25, 0.3) is 0 Å². The highest BCUT2D eigenvalue weighted by Crippen LogP contribution is 2.20. The van der Waals surface area contributed by atoms with E-state index < -0.39 is 11.9 Å². The fraction of sp³-hybridized carbons (Fsp3) is 0.308. The van der Waals surface area contributed by atoms with Crippen molar-refractivity contribution in [3.63, 3.8) is 0 Å². The second-order valence-electron chi connectivity index (χ2n) is 11.6. The van der Waals surface area contributed by atoms with Gasteiger partial charge in [0.05, 0.1) is 32.2 Å². The van der Waals surface area contributed by atoms with Crippen LogP contribution in [0.25, 0.3) is 0 Å². The largest absolute Gasteiger partial charge is 0.497 e. The normalized spacial score (nSPS) is 10.8. The number of nitrogens with one attached hydrogen (secondary N) is 1. The number of carbonyl (C=O) groups excluding carboxylic acids is 2. The van der Waals surface area contributed by atoms with Crippen LogP contribution in [-0.2, 0) is 29.1 Å². The summed E-state index contributed by atoms with van der Waals surface area (Å²) in [4.78, 5) is 38.6. The standard InChI is InChI=1S/C39H44N2O7/c1-3-4-5-6-7-24-47-35-22-14-32(15-23-35)39(45)48-36-20-12-31(13-21-36)27-41(28-38(43)44)26-30-8-16-33(17-9-30)40-37(42)25-29-10-18-34(46-2)19-11-29/h8-23H,3-7,24-28H2,1-2H3,(H,40,42)(H,43,44). The van der Waals surface area contributed by atoms with Crippen molar-refractivity contribution in [3.05, 3.63) is 119 Å². The van der Waals surface area contributed by atoms with Crippen LogP contribution in [0.15, 0.2) is 97.1 Å². The maximum absolute atomic E-state index is 12.7. The van der Waals surface area contributed by atoms with Crippen LogP contribution in [-0.4, -0.2) is 48.1 Å². The molecule has 0 fully saturated rings. The van der Waals surface area contributed by atoms with Gasteiger partial charge in [-0.15, -0.1) is 0 Å². The first kappa shape index (κ1) is 35.7. The summed E-state index contributed by atoms with van der Waals surface area (Å²) in [5, 5.41) is 12.4. The van der Waals surface area contributed by atoms with Gasteiger partial charge in [0.2, 0.25) is 5.91 Å². The van der Waals surface area contributed by atoms with Crippen molar-refractivity contribution in [1.29, 1.82) is 0 Å². The number of rotatable bonds is 19. The molecule has 2 N–H and O–H groups in total. The van der Waals surface area contributed by atoms with Crippen LogP contribution in [0.2, 0.25) is 0 Å². The number of carboxylic acid groups (broad SMARTS) is 1. The van der Waals surface area contributed by atoms with Crippen LogP contribution in [0.3, 0.4) is 0 Å². The molecule has 0 unspecified atom stereocenters. The van der Waals surface area contributed by atoms with Crippen LogP contribution >= 0.6 is 0 Å². The third-order valence-corrected chi connectivity index (χ3v) is 7.67. The van der Waals surface area contributed by atoms with E-state index in [0.29, 0.717) is 36.7 Å². The molecule has 0 aliphatic heterocycles. The number of nitrogens with zero attached hydrogens (tertiary/aromatic N) is 1. The molecular formula is C39H44N2O7. The predicted octanol–water partition coefficient (Wildman–Crippen LogP) is 7.53. The molecule has 0 saturated heterocycles. The second kappa shape index (κ2) is 18.9. The summed E-state index contributed by atoms with van der Waals surface area (Å²) in [5.74, 6) is 0.303. The van der Waals surface area contributed by atoms with E-state index in [-0.39, 0.29) is 18.9 Å². The smallest absolute Gasteiger partial charge is 0.343 e. The van der Waals surface area contributed by atoms with Gasteiger partial charge in [-0.05, 0) is 83.8 Å². The number of carbonyl (C=O) groups is 3. The van der Waals surface area contributed by atoms with Gasteiger partial charge >= 0.3 is 11.9 Å². The lowest BCUT2D eigenvalue weighted by Crippen LogP contribution is -2.29. The fourth-order valence-electron chi connectivity index (χ4n) is 5.11. The minimum atomic E-state index is -0.939. The summed E-state index contributed by atoms with van der Waals surface area (Å²) in [6, 6.07) is 28.6. The van der Waals surface area contributed by atoms with Crippen LogP contribution in [0.1, 0.15) is 66.1 Å². The molecule has 0 radical (unpaired) electrons. The minimum Gasteiger partial charge on any atom is -0.497 e. The first-order chi connectivity index (χ1) is 23.3. The average molecular weight is 653 g/mol. The molecule has 4 rings (SSSR count). The zero-order chi connectivity index (χ0) is 34.1. The van der Waals surface area contributed by atoms with Crippen LogP contribution in [0, 0.1) is 0 Å². The van der Waals surface area contributed by atoms with Crippen LogP contribution in [0.5, 0.6) is 17.2 Å². The first-order valence-electron chi connectivity index (χ1n) is 16.3. The van der Waals surface area contributed by atoms with Gasteiger partial charge in [0.15, 0.2) is 0 Å². The maximum Gasteiger partial charge on any atom is 0.343 e. The quantitative estimate of drug-likeness (QED) is 0.0607. The third-order valence-electron chi connectivity index (χ3n) is 7.67. The molecular weight excluding hydrogens is 608 g/mol. The molecule has 0 aromatic heterocycles. The molecule has 0 bridgehead atoms.